The smallest absolute Gasteiger partial charge is 0.224 e. The van der Waals surface area contributed by atoms with E-state index in [1.165, 1.54) is 0 Å². The summed E-state index contributed by atoms with van der Waals surface area (Å²) >= 11 is 0. The molecule has 1 aliphatic rings. The van der Waals surface area contributed by atoms with Crippen molar-refractivity contribution >= 4 is 5.91 Å². The molecule has 1 aliphatic carbocycles. The van der Waals surface area contributed by atoms with E-state index in [1.54, 1.807) is 0 Å². The molecule has 0 heterocycles. The van der Waals surface area contributed by atoms with Gasteiger partial charge in [-0.2, -0.15) is 0 Å². The molecule has 0 aromatic rings. The van der Waals surface area contributed by atoms with Crippen molar-refractivity contribution in [2.45, 2.75) is 38.1 Å². The Balaban J connectivity index is 2.48. The number of aliphatic hydroxyl groups excluding tert-OH is 1. The van der Waals surface area contributed by atoms with Gasteiger partial charge in [-0.15, -0.1) is 0 Å². The van der Waals surface area contributed by atoms with Gasteiger partial charge in [-0.1, -0.05) is 19.8 Å². The lowest BCUT2D eigenvalue weighted by molar-refractivity contribution is -0.126. The van der Waals surface area contributed by atoms with Crippen molar-refractivity contribution in [2.75, 3.05) is 20.2 Å². The molecular formula is C11H22N2O2. The fraction of sp³-hybridized carbons (Fsp3) is 0.909. The van der Waals surface area contributed by atoms with Gasteiger partial charge < -0.3 is 15.7 Å². The number of carbonyl (C=O) groups is 1. The van der Waals surface area contributed by atoms with E-state index in [2.05, 4.69) is 10.6 Å². The Labute approximate surface area is 91.4 Å². The molecule has 0 aliphatic heterocycles. The number of rotatable bonds is 5. The predicted molar refractivity (Wildman–Crippen MR) is 59.5 cm³/mol. The van der Waals surface area contributed by atoms with Crippen molar-refractivity contribution in [3.05, 3.63) is 0 Å². The summed E-state index contributed by atoms with van der Waals surface area (Å²) in [5.74, 6) is -0.000625. The van der Waals surface area contributed by atoms with Crippen LogP contribution in [0.15, 0.2) is 0 Å². The molecule has 0 aromatic heterocycles. The Kier molecular flexibility index (Phi) is 4.54. The number of hydrogen-bond donors (Lipinski definition) is 3. The molecule has 1 amide bonds. The Hall–Kier alpha value is -0.610. The van der Waals surface area contributed by atoms with Crippen LogP contribution in [-0.4, -0.2) is 36.8 Å². The first-order valence-corrected chi connectivity index (χ1v) is 5.71. The molecule has 0 radical (unpaired) electrons. The van der Waals surface area contributed by atoms with Crippen LogP contribution in [0.25, 0.3) is 0 Å². The lowest BCUT2D eigenvalue weighted by Gasteiger charge is -2.29. The number of aliphatic hydroxyl groups is 1. The first-order valence-electron chi connectivity index (χ1n) is 5.71. The highest BCUT2D eigenvalue weighted by Crippen LogP contribution is 2.29. The van der Waals surface area contributed by atoms with E-state index in [4.69, 9.17) is 0 Å². The maximum Gasteiger partial charge on any atom is 0.224 e. The summed E-state index contributed by atoms with van der Waals surface area (Å²) in [5.41, 5.74) is -0.334. The Morgan fingerprint density at radius 1 is 1.47 bits per heavy atom. The quantitative estimate of drug-likeness (QED) is 0.615. The molecule has 1 unspecified atom stereocenters. The summed E-state index contributed by atoms with van der Waals surface area (Å²) in [6.45, 7) is 2.63. The van der Waals surface area contributed by atoms with Crippen LogP contribution < -0.4 is 10.6 Å². The molecule has 1 rings (SSSR count). The molecule has 4 heteroatoms. The number of nitrogens with one attached hydrogen (secondary N) is 2. The normalized spacial score (nSPS) is 21.3. The van der Waals surface area contributed by atoms with Gasteiger partial charge in [0.05, 0.1) is 12.1 Å². The van der Waals surface area contributed by atoms with Crippen LogP contribution in [0.4, 0.5) is 0 Å². The first-order chi connectivity index (χ1) is 7.13. The van der Waals surface area contributed by atoms with Gasteiger partial charge in [0.25, 0.3) is 0 Å². The third-order valence-corrected chi connectivity index (χ3v) is 3.21. The van der Waals surface area contributed by atoms with Gasteiger partial charge in [0.15, 0.2) is 0 Å². The van der Waals surface area contributed by atoms with Crippen LogP contribution in [0.2, 0.25) is 0 Å². The maximum absolute atomic E-state index is 11.8. The summed E-state index contributed by atoms with van der Waals surface area (Å²) < 4.78 is 0. The van der Waals surface area contributed by atoms with Gasteiger partial charge in [-0.25, -0.2) is 0 Å². The van der Waals surface area contributed by atoms with Gasteiger partial charge in [-0.05, 0) is 19.9 Å². The van der Waals surface area contributed by atoms with E-state index in [0.29, 0.717) is 6.54 Å². The van der Waals surface area contributed by atoms with Gasteiger partial charge in [-0.3, -0.25) is 4.79 Å². The Morgan fingerprint density at radius 2 is 2.07 bits per heavy atom. The van der Waals surface area contributed by atoms with E-state index < -0.39 is 0 Å². The molecule has 15 heavy (non-hydrogen) atoms. The van der Waals surface area contributed by atoms with Crippen LogP contribution in [0.3, 0.4) is 0 Å². The summed E-state index contributed by atoms with van der Waals surface area (Å²) in [6, 6.07) is 0. The number of carbonyl (C=O) groups excluding carboxylic acids is 1. The van der Waals surface area contributed by atoms with Gasteiger partial charge >= 0.3 is 0 Å². The molecule has 1 saturated carbocycles. The van der Waals surface area contributed by atoms with E-state index in [-0.39, 0.29) is 24.0 Å². The zero-order valence-corrected chi connectivity index (χ0v) is 9.68. The highest BCUT2D eigenvalue weighted by atomic mass is 16.3. The predicted octanol–water partition coefficient (Wildman–Crippen LogP) is 0.263. The van der Waals surface area contributed by atoms with Crippen molar-refractivity contribution < 1.29 is 9.90 Å². The molecule has 88 valence electrons. The van der Waals surface area contributed by atoms with Crippen molar-refractivity contribution in [3.63, 3.8) is 0 Å². The molecule has 4 nitrogen and oxygen atoms in total. The first kappa shape index (κ1) is 12.5. The standard InChI is InChI=1S/C11H22N2O2/c1-9(7-12-2)10(15)13-11(8-14)5-3-4-6-11/h9,12,14H,3-8H2,1-2H3,(H,13,15). The van der Waals surface area contributed by atoms with Crippen molar-refractivity contribution in [1.29, 1.82) is 0 Å². The molecule has 1 atom stereocenters. The Bertz CT molecular complexity index is 213. The van der Waals surface area contributed by atoms with Crippen LogP contribution in [0, 0.1) is 5.92 Å². The average molecular weight is 214 g/mol. The zero-order valence-electron chi connectivity index (χ0n) is 9.68. The maximum atomic E-state index is 11.8. The Morgan fingerprint density at radius 3 is 2.53 bits per heavy atom. The summed E-state index contributed by atoms with van der Waals surface area (Å²) in [4.78, 5) is 11.8. The van der Waals surface area contributed by atoms with Crippen LogP contribution in [-0.2, 0) is 4.79 Å². The summed E-state index contributed by atoms with van der Waals surface area (Å²) in [6.07, 6.45) is 4.01. The topological polar surface area (TPSA) is 61.4 Å². The van der Waals surface area contributed by atoms with Crippen LogP contribution in [0.5, 0.6) is 0 Å². The van der Waals surface area contributed by atoms with E-state index >= 15 is 0 Å². The van der Waals surface area contributed by atoms with Crippen molar-refractivity contribution in [1.82, 2.24) is 10.6 Å². The van der Waals surface area contributed by atoms with Gasteiger partial charge in [0.2, 0.25) is 5.91 Å². The van der Waals surface area contributed by atoms with Crippen molar-refractivity contribution in [3.8, 4) is 0 Å². The zero-order chi connectivity index (χ0) is 11.3. The fourth-order valence-corrected chi connectivity index (χ4v) is 2.16. The average Bonchev–Trinajstić information content (AvgIpc) is 2.67. The molecule has 1 fully saturated rings. The lowest BCUT2D eigenvalue weighted by Crippen LogP contribution is -2.51. The number of hydrogen-bond acceptors (Lipinski definition) is 3. The van der Waals surface area contributed by atoms with Crippen LogP contribution >= 0.6 is 0 Å². The minimum atomic E-state index is -0.334. The number of amides is 1. The lowest BCUT2D eigenvalue weighted by atomic mass is 9.97. The molecule has 0 aromatic carbocycles. The minimum absolute atomic E-state index is 0.0419. The molecule has 0 bridgehead atoms. The molecule has 3 N–H and O–H groups in total. The van der Waals surface area contributed by atoms with E-state index in [9.17, 15) is 9.90 Å². The highest BCUT2D eigenvalue weighted by molar-refractivity contribution is 5.79. The highest BCUT2D eigenvalue weighted by Gasteiger charge is 2.35. The third-order valence-electron chi connectivity index (χ3n) is 3.21. The van der Waals surface area contributed by atoms with Crippen LogP contribution in [0.1, 0.15) is 32.6 Å². The molecule has 0 saturated heterocycles. The molecular weight excluding hydrogens is 192 g/mol. The third kappa shape index (κ3) is 3.18. The minimum Gasteiger partial charge on any atom is -0.394 e. The fourth-order valence-electron chi connectivity index (χ4n) is 2.16. The van der Waals surface area contributed by atoms with Crippen molar-refractivity contribution in [2.24, 2.45) is 5.92 Å². The second-order valence-electron chi connectivity index (χ2n) is 4.59. The summed E-state index contributed by atoms with van der Waals surface area (Å²) in [7, 11) is 1.83. The second kappa shape index (κ2) is 5.47. The largest absolute Gasteiger partial charge is 0.394 e. The van der Waals surface area contributed by atoms with E-state index in [1.807, 2.05) is 14.0 Å². The summed E-state index contributed by atoms with van der Waals surface area (Å²) in [5, 5.41) is 15.3. The molecule has 0 spiro atoms. The monoisotopic (exact) mass is 214 g/mol. The second-order valence-corrected chi connectivity index (χ2v) is 4.59. The van der Waals surface area contributed by atoms with Gasteiger partial charge in [0, 0.05) is 12.5 Å². The van der Waals surface area contributed by atoms with Gasteiger partial charge in [0.1, 0.15) is 0 Å². The van der Waals surface area contributed by atoms with E-state index in [0.717, 1.165) is 25.7 Å². The SMILES string of the molecule is CNCC(C)C(=O)NC1(CO)CCCC1.